The molecule has 1 amide bonds. The molecule has 0 aliphatic heterocycles. The van der Waals surface area contributed by atoms with Crippen LogP contribution in [0.1, 0.15) is 31.2 Å². The lowest BCUT2D eigenvalue weighted by Crippen LogP contribution is -2.36. The van der Waals surface area contributed by atoms with Crippen LogP contribution in [0, 0.1) is 11.8 Å². The van der Waals surface area contributed by atoms with Crippen LogP contribution < -0.4 is 10.1 Å². The number of ether oxygens (including phenoxy) is 1. The molecular weight excluding hydrogens is 330 g/mol. The fourth-order valence-electron chi connectivity index (χ4n) is 3.35. The molecule has 5 heteroatoms. The molecule has 0 aromatic heterocycles. The van der Waals surface area contributed by atoms with Crippen LogP contribution in [0.4, 0.5) is 5.69 Å². The highest BCUT2D eigenvalue weighted by Crippen LogP contribution is 2.31. The summed E-state index contributed by atoms with van der Waals surface area (Å²) in [6.07, 6.45) is 2.96. The van der Waals surface area contributed by atoms with Crippen molar-refractivity contribution in [2.75, 3.05) is 5.32 Å². The van der Waals surface area contributed by atoms with Gasteiger partial charge < -0.3 is 15.2 Å². The minimum absolute atomic E-state index is 0.213. The first-order valence-corrected chi connectivity index (χ1v) is 8.94. The molecule has 2 N–H and O–H groups in total. The number of hydrogen-bond donors (Lipinski definition) is 2. The topological polar surface area (TPSA) is 75.6 Å². The van der Waals surface area contributed by atoms with E-state index >= 15 is 0 Å². The Morgan fingerprint density at radius 3 is 2.27 bits per heavy atom. The van der Waals surface area contributed by atoms with Crippen LogP contribution in [0.15, 0.2) is 54.6 Å². The number of carboxylic acid groups (broad SMARTS) is 1. The normalized spacial score (nSPS) is 19.5. The second-order valence-corrected chi connectivity index (χ2v) is 6.62. The predicted octanol–water partition coefficient (Wildman–Crippen LogP) is 4.10. The van der Waals surface area contributed by atoms with Gasteiger partial charge in [0.25, 0.3) is 0 Å². The Hall–Kier alpha value is -2.82. The molecule has 26 heavy (non-hydrogen) atoms. The molecule has 0 bridgehead atoms. The van der Waals surface area contributed by atoms with E-state index in [1.165, 1.54) is 0 Å². The van der Waals surface area contributed by atoms with Crippen LogP contribution in [0.3, 0.4) is 0 Å². The minimum Gasteiger partial charge on any atom is -0.489 e. The molecule has 3 rings (SSSR count). The molecule has 1 fully saturated rings. The number of anilines is 1. The number of nitrogens with one attached hydrogen (secondary N) is 1. The fourth-order valence-corrected chi connectivity index (χ4v) is 3.35. The Balaban J connectivity index is 1.56. The van der Waals surface area contributed by atoms with Crippen molar-refractivity contribution in [2.24, 2.45) is 11.8 Å². The molecule has 0 heterocycles. The lowest BCUT2D eigenvalue weighted by molar-refractivity contribution is -0.147. The molecule has 0 saturated heterocycles. The van der Waals surface area contributed by atoms with Crippen molar-refractivity contribution < 1.29 is 19.4 Å². The van der Waals surface area contributed by atoms with E-state index in [4.69, 9.17) is 4.74 Å². The van der Waals surface area contributed by atoms with Crippen LogP contribution in [0.5, 0.6) is 5.75 Å². The van der Waals surface area contributed by atoms with Gasteiger partial charge in [-0.3, -0.25) is 9.59 Å². The van der Waals surface area contributed by atoms with Crippen molar-refractivity contribution in [3.05, 3.63) is 60.2 Å². The van der Waals surface area contributed by atoms with Gasteiger partial charge in [0, 0.05) is 5.69 Å². The highest BCUT2D eigenvalue weighted by molar-refractivity contribution is 5.95. The third-order valence-electron chi connectivity index (χ3n) is 4.79. The van der Waals surface area contributed by atoms with Gasteiger partial charge in [0.15, 0.2) is 0 Å². The van der Waals surface area contributed by atoms with E-state index < -0.39 is 17.8 Å². The van der Waals surface area contributed by atoms with Crippen LogP contribution in [-0.2, 0) is 16.2 Å². The quantitative estimate of drug-likeness (QED) is 0.820. The summed E-state index contributed by atoms with van der Waals surface area (Å²) in [4.78, 5) is 23.8. The Morgan fingerprint density at radius 1 is 0.962 bits per heavy atom. The van der Waals surface area contributed by atoms with Crippen molar-refractivity contribution in [2.45, 2.75) is 32.3 Å². The van der Waals surface area contributed by atoms with Crippen LogP contribution in [0.25, 0.3) is 0 Å². The number of rotatable bonds is 6. The summed E-state index contributed by atoms with van der Waals surface area (Å²) in [6.45, 7) is 0.481. The zero-order valence-corrected chi connectivity index (χ0v) is 14.6. The van der Waals surface area contributed by atoms with Gasteiger partial charge in [0.05, 0.1) is 11.8 Å². The van der Waals surface area contributed by atoms with Gasteiger partial charge in [-0.05, 0) is 42.7 Å². The molecule has 0 unspecified atom stereocenters. The number of benzene rings is 2. The van der Waals surface area contributed by atoms with Crippen molar-refractivity contribution >= 4 is 17.6 Å². The van der Waals surface area contributed by atoms with E-state index in [0.717, 1.165) is 18.4 Å². The van der Waals surface area contributed by atoms with E-state index in [9.17, 15) is 14.7 Å². The maximum Gasteiger partial charge on any atom is 0.307 e. The van der Waals surface area contributed by atoms with Crippen molar-refractivity contribution in [3.63, 3.8) is 0 Å². The first-order valence-electron chi connectivity index (χ1n) is 8.94. The second-order valence-electron chi connectivity index (χ2n) is 6.62. The molecule has 0 spiro atoms. The van der Waals surface area contributed by atoms with Crippen molar-refractivity contribution in [3.8, 4) is 5.75 Å². The van der Waals surface area contributed by atoms with Crippen LogP contribution in [-0.4, -0.2) is 17.0 Å². The van der Waals surface area contributed by atoms with Gasteiger partial charge in [-0.1, -0.05) is 43.2 Å². The highest BCUT2D eigenvalue weighted by Gasteiger charge is 2.35. The van der Waals surface area contributed by atoms with E-state index in [2.05, 4.69) is 5.32 Å². The van der Waals surface area contributed by atoms with Gasteiger partial charge in [0.1, 0.15) is 12.4 Å². The monoisotopic (exact) mass is 353 g/mol. The third kappa shape index (κ3) is 4.63. The number of amides is 1. The number of carbonyl (C=O) groups excluding carboxylic acids is 1. The maximum atomic E-state index is 12.5. The maximum absolute atomic E-state index is 12.5. The summed E-state index contributed by atoms with van der Waals surface area (Å²) < 4.78 is 5.73. The predicted molar refractivity (Wildman–Crippen MR) is 98.9 cm³/mol. The number of aliphatic carboxylic acids is 1. The van der Waals surface area contributed by atoms with Gasteiger partial charge in [-0.2, -0.15) is 0 Å². The first-order chi connectivity index (χ1) is 12.6. The van der Waals surface area contributed by atoms with Gasteiger partial charge >= 0.3 is 5.97 Å². The molecule has 2 atom stereocenters. The van der Waals surface area contributed by atoms with Crippen molar-refractivity contribution in [1.82, 2.24) is 0 Å². The van der Waals surface area contributed by atoms with Crippen LogP contribution in [0.2, 0.25) is 0 Å². The Bertz CT molecular complexity index is 742. The Labute approximate surface area is 153 Å². The summed E-state index contributed by atoms with van der Waals surface area (Å²) in [6, 6.07) is 17.0. The first kappa shape index (κ1) is 18.0. The standard InChI is InChI=1S/C21H23NO4/c23-20(18-8-4-5-9-19(18)21(24)25)22-16-10-12-17(13-11-16)26-14-15-6-2-1-3-7-15/h1-3,6-7,10-13,18-19H,4-5,8-9,14H2,(H,22,23)(H,24,25)/t18-,19-/m0/s1. The number of carboxylic acids is 1. The van der Waals surface area contributed by atoms with E-state index in [1.807, 2.05) is 30.3 Å². The Kier molecular flexibility index (Phi) is 5.89. The largest absolute Gasteiger partial charge is 0.489 e. The summed E-state index contributed by atoms with van der Waals surface area (Å²) in [5.41, 5.74) is 1.73. The molecule has 2 aromatic carbocycles. The molecular formula is C21H23NO4. The zero-order valence-electron chi connectivity index (χ0n) is 14.6. The molecule has 136 valence electrons. The highest BCUT2D eigenvalue weighted by atomic mass is 16.5. The average Bonchev–Trinajstić information content (AvgIpc) is 2.68. The lowest BCUT2D eigenvalue weighted by Gasteiger charge is -2.27. The minimum atomic E-state index is -0.880. The van der Waals surface area contributed by atoms with Gasteiger partial charge in [-0.25, -0.2) is 0 Å². The van der Waals surface area contributed by atoms with Gasteiger partial charge in [-0.15, -0.1) is 0 Å². The SMILES string of the molecule is O=C(O)[C@H]1CCCC[C@@H]1C(=O)Nc1ccc(OCc2ccccc2)cc1. The lowest BCUT2D eigenvalue weighted by atomic mass is 9.78. The molecule has 1 aliphatic carbocycles. The van der Waals surface area contributed by atoms with Crippen molar-refractivity contribution in [1.29, 1.82) is 0 Å². The molecule has 5 nitrogen and oxygen atoms in total. The smallest absolute Gasteiger partial charge is 0.307 e. The summed E-state index contributed by atoms with van der Waals surface area (Å²) in [5, 5.41) is 12.2. The van der Waals surface area contributed by atoms with E-state index in [1.54, 1.807) is 24.3 Å². The Morgan fingerprint density at radius 2 is 1.62 bits per heavy atom. The molecule has 1 aliphatic rings. The van der Waals surface area contributed by atoms with E-state index in [-0.39, 0.29) is 5.91 Å². The summed E-state index contributed by atoms with van der Waals surface area (Å²) in [7, 11) is 0. The van der Waals surface area contributed by atoms with Crippen LogP contribution >= 0.6 is 0 Å². The average molecular weight is 353 g/mol. The third-order valence-corrected chi connectivity index (χ3v) is 4.79. The number of hydrogen-bond acceptors (Lipinski definition) is 3. The molecule has 1 saturated carbocycles. The summed E-state index contributed by atoms with van der Waals surface area (Å²) in [5.74, 6) is -1.43. The molecule has 0 radical (unpaired) electrons. The number of carbonyl (C=O) groups is 2. The van der Waals surface area contributed by atoms with E-state index in [0.29, 0.717) is 30.9 Å². The summed E-state index contributed by atoms with van der Waals surface area (Å²) >= 11 is 0. The second kappa shape index (κ2) is 8.52. The molecule has 2 aromatic rings. The zero-order chi connectivity index (χ0) is 18.4. The van der Waals surface area contributed by atoms with Gasteiger partial charge in [0.2, 0.25) is 5.91 Å². The fraction of sp³-hybridized carbons (Fsp3) is 0.333.